The second-order valence-corrected chi connectivity index (χ2v) is 5.82. The van der Waals surface area contributed by atoms with Gasteiger partial charge in [0.15, 0.2) is 0 Å². The highest BCUT2D eigenvalue weighted by Crippen LogP contribution is 2.22. The molecule has 0 saturated carbocycles. The average molecular weight is 345 g/mol. The molecule has 2 aromatic rings. The lowest BCUT2D eigenvalue weighted by Gasteiger charge is -2.19. The number of hydrogen-bond acceptors (Lipinski definition) is 5. The van der Waals surface area contributed by atoms with E-state index in [0.717, 1.165) is 10.5 Å². The Morgan fingerprint density at radius 3 is 2.42 bits per heavy atom. The molecule has 126 valence electrons. The van der Waals surface area contributed by atoms with Gasteiger partial charge in [-0.05, 0) is 36.1 Å². The van der Waals surface area contributed by atoms with Gasteiger partial charge in [-0.15, -0.1) is 11.8 Å². The first kappa shape index (κ1) is 17.8. The number of hydrogen-bond donors (Lipinski definition) is 2. The number of pyridine rings is 1. The number of rotatable bonds is 6. The quantitative estimate of drug-likeness (QED) is 0.621. The fourth-order valence-electron chi connectivity index (χ4n) is 2.10. The van der Waals surface area contributed by atoms with E-state index in [1.54, 1.807) is 36.3 Å². The van der Waals surface area contributed by atoms with Gasteiger partial charge in [-0.25, -0.2) is 4.79 Å². The van der Waals surface area contributed by atoms with Gasteiger partial charge in [0.25, 0.3) is 0 Å². The second kappa shape index (κ2) is 8.93. The summed E-state index contributed by atoms with van der Waals surface area (Å²) in [6, 6.07) is 10.2. The lowest BCUT2D eigenvalue weighted by molar-refractivity contribution is -0.141. The molecule has 0 aliphatic carbocycles. The molecule has 1 aromatic heterocycles. The third kappa shape index (κ3) is 5.27. The topological polar surface area (TPSA) is 80.3 Å². The molecule has 0 saturated heterocycles. The van der Waals surface area contributed by atoms with Crippen molar-refractivity contribution in [3.8, 4) is 0 Å². The molecule has 1 aromatic carbocycles. The molecule has 0 aliphatic heterocycles. The number of nitrogens with one attached hydrogen (secondary N) is 2. The summed E-state index contributed by atoms with van der Waals surface area (Å²) in [4.78, 5) is 28.8. The summed E-state index contributed by atoms with van der Waals surface area (Å²) in [6.07, 6.45) is 5.21. The lowest BCUT2D eigenvalue weighted by atomic mass is 10.0. The van der Waals surface area contributed by atoms with Crippen LogP contribution >= 0.6 is 11.8 Å². The molecule has 2 amide bonds. The minimum absolute atomic E-state index is 0.0544. The van der Waals surface area contributed by atoms with Gasteiger partial charge in [0.1, 0.15) is 0 Å². The van der Waals surface area contributed by atoms with E-state index < -0.39 is 18.0 Å². The van der Waals surface area contributed by atoms with Crippen molar-refractivity contribution in [2.45, 2.75) is 17.4 Å². The molecule has 6 nitrogen and oxygen atoms in total. The number of urea groups is 1. The van der Waals surface area contributed by atoms with Gasteiger partial charge < -0.3 is 15.4 Å². The normalized spacial score (nSPS) is 11.4. The Bertz CT molecular complexity index is 677. The number of nitrogens with zero attached hydrogens (tertiary/aromatic N) is 1. The Hall–Kier alpha value is -2.54. The van der Waals surface area contributed by atoms with E-state index in [9.17, 15) is 9.59 Å². The molecule has 1 atom stereocenters. The predicted molar refractivity (Wildman–Crippen MR) is 94.0 cm³/mol. The van der Waals surface area contributed by atoms with Gasteiger partial charge in [0.05, 0.1) is 19.6 Å². The third-order valence-corrected chi connectivity index (χ3v) is 4.10. The molecule has 2 rings (SSSR count). The zero-order valence-corrected chi connectivity index (χ0v) is 14.3. The summed E-state index contributed by atoms with van der Waals surface area (Å²) in [6.45, 7) is 0. The molecule has 24 heavy (non-hydrogen) atoms. The number of thioether (sulfide) groups is 1. The molecule has 0 bridgehead atoms. The maximum absolute atomic E-state index is 12.2. The number of methoxy groups -OCH3 is 1. The zero-order valence-electron chi connectivity index (χ0n) is 13.5. The Morgan fingerprint density at radius 2 is 1.83 bits per heavy atom. The molecule has 7 heteroatoms. The van der Waals surface area contributed by atoms with Crippen molar-refractivity contribution >= 4 is 29.4 Å². The number of carbonyl (C=O) groups is 2. The molecular formula is C17H19N3O3S. The van der Waals surface area contributed by atoms with E-state index in [2.05, 4.69) is 15.6 Å². The van der Waals surface area contributed by atoms with Crippen molar-refractivity contribution in [1.29, 1.82) is 0 Å². The Balaban J connectivity index is 2.09. The zero-order chi connectivity index (χ0) is 17.4. The first-order valence-corrected chi connectivity index (χ1v) is 8.53. The minimum atomic E-state index is -0.477. The SMILES string of the molecule is COC(=O)C[C@@H](NC(=O)Nc1ccncc1)c1ccc(SC)cc1. The number of ether oxygens (including phenoxy) is 1. The van der Waals surface area contributed by atoms with Crippen molar-refractivity contribution < 1.29 is 14.3 Å². The van der Waals surface area contributed by atoms with E-state index in [1.807, 2.05) is 30.5 Å². The highest BCUT2D eigenvalue weighted by molar-refractivity contribution is 7.98. The first-order valence-electron chi connectivity index (χ1n) is 7.30. The number of anilines is 1. The summed E-state index contributed by atoms with van der Waals surface area (Å²) in [5.74, 6) is -0.391. The van der Waals surface area contributed by atoms with E-state index in [4.69, 9.17) is 4.74 Å². The summed E-state index contributed by atoms with van der Waals surface area (Å²) < 4.78 is 4.72. The maximum atomic E-state index is 12.2. The molecule has 0 unspecified atom stereocenters. The summed E-state index contributed by atoms with van der Waals surface area (Å²) in [5, 5.41) is 5.52. The van der Waals surface area contributed by atoms with Gasteiger partial charge in [0, 0.05) is 23.0 Å². The van der Waals surface area contributed by atoms with Crippen molar-refractivity contribution in [3.63, 3.8) is 0 Å². The first-order chi connectivity index (χ1) is 11.6. The van der Waals surface area contributed by atoms with Crippen LogP contribution in [0.5, 0.6) is 0 Å². The standard InChI is InChI=1S/C17H19N3O3S/c1-23-16(21)11-15(12-3-5-14(24-2)6-4-12)20-17(22)19-13-7-9-18-10-8-13/h3-10,15H,11H2,1-2H3,(H2,18,19,20,22)/t15-/m1/s1. The number of benzene rings is 1. The second-order valence-electron chi connectivity index (χ2n) is 4.94. The largest absolute Gasteiger partial charge is 0.469 e. The van der Waals surface area contributed by atoms with Crippen molar-refractivity contribution in [2.75, 3.05) is 18.7 Å². The van der Waals surface area contributed by atoms with Crippen LogP contribution in [0.3, 0.4) is 0 Å². The van der Waals surface area contributed by atoms with Crippen LogP contribution in [0.2, 0.25) is 0 Å². The van der Waals surface area contributed by atoms with Crippen LogP contribution < -0.4 is 10.6 Å². The van der Waals surface area contributed by atoms with E-state index in [1.165, 1.54) is 7.11 Å². The Morgan fingerprint density at radius 1 is 1.17 bits per heavy atom. The minimum Gasteiger partial charge on any atom is -0.469 e. The maximum Gasteiger partial charge on any atom is 0.319 e. The summed E-state index contributed by atoms with van der Waals surface area (Å²) in [7, 11) is 1.33. The third-order valence-electron chi connectivity index (χ3n) is 3.36. The van der Waals surface area contributed by atoms with E-state index in [-0.39, 0.29) is 6.42 Å². The molecule has 0 fully saturated rings. The molecular weight excluding hydrogens is 326 g/mol. The van der Waals surface area contributed by atoms with Crippen molar-refractivity contribution in [2.24, 2.45) is 0 Å². The Kier molecular flexibility index (Phi) is 6.62. The van der Waals surface area contributed by atoms with E-state index in [0.29, 0.717) is 5.69 Å². The van der Waals surface area contributed by atoms with Gasteiger partial charge in [-0.1, -0.05) is 12.1 Å². The lowest BCUT2D eigenvalue weighted by Crippen LogP contribution is -2.34. The predicted octanol–water partition coefficient (Wildman–Crippen LogP) is 3.23. The Labute approximate surface area is 145 Å². The van der Waals surface area contributed by atoms with Crippen LogP contribution in [0.4, 0.5) is 10.5 Å². The fourth-order valence-corrected chi connectivity index (χ4v) is 2.51. The number of esters is 1. The van der Waals surface area contributed by atoms with Crippen LogP contribution in [0.25, 0.3) is 0 Å². The van der Waals surface area contributed by atoms with Crippen LogP contribution in [0, 0.1) is 0 Å². The molecule has 2 N–H and O–H groups in total. The summed E-state index contributed by atoms with van der Waals surface area (Å²) in [5.41, 5.74) is 1.46. The van der Waals surface area contributed by atoms with Crippen LogP contribution in [-0.4, -0.2) is 30.3 Å². The van der Waals surface area contributed by atoms with Crippen LogP contribution in [-0.2, 0) is 9.53 Å². The number of aromatic nitrogens is 1. The van der Waals surface area contributed by atoms with Gasteiger partial charge in [-0.3, -0.25) is 9.78 Å². The van der Waals surface area contributed by atoms with Gasteiger partial charge in [0.2, 0.25) is 0 Å². The van der Waals surface area contributed by atoms with Gasteiger partial charge in [-0.2, -0.15) is 0 Å². The number of amides is 2. The van der Waals surface area contributed by atoms with Crippen molar-refractivity contribution in [3.05, 3.63) is 54.4 Å². The molecule has 1 heterocycles. The van der Waals surface area contributed by atoms with Crippen LogP contribution in [0.15, 0.2) is 53.7 Å². The highest BCUT2D eigenvalue weighted by Gasteiger charge is 2.19. The fraction of sp³-hybridized carbons (Fsp3) is 0.235. The smallest absolute Gasteiger partial charge is 0.319 e. The summed E-state index contributed by atoms with van der Waals surface area (Å²) >= 11 is 1.63. The molecule has 0 aliphatic rings. The van der Waals surface area contributed by atoms with Gasteiger partial charge >= 0.3 is 12.0 Å². The van der Waals surface area contributed by atoms with Crippen molar-refractivity contribution in [1.82, 2.24) is 10.3 Å². The van der Waals surface area contributed by atoms with E-state index >= 15 is 0 Å². The molecule has 0 spiro atoms. The average Bonchev–Trinajstić information content (AvgIpc) is 2.62. The monoisotopic (exact) mass is 345 g/mol. The highest BCUT2D eigenvalue weighted by atomic mass is 32.2. The molecule has 0 radical (unpaired) electrons. The number of carbonyl (C=O) groups excluding carboxylic acids is 2. The van der Waals surface area contributed by atoms with Crippen LogP contribution in [0.1, 0.15) is 18.0 Å².